The molecular formula is C22H26FN3O3S. The number of methoxy groups -OCH3 is 1. The Morgan fingerprint density at radius 1 is 1.33 bits per heavy atom. The predicted octanol–water partition coefficient (Wildman–Crippen LogP) is 1.37. The SMILES string of the molecule is COC1=c2c(c(=O)[nH]c(=O)n2C2CC2)=CC(F)C1c1cc2c(s1)CCCC2C(C)N. The van der Waals surface area contributed by atoms with E-state index in [1.807, 2.05) is 6.92 Å². The average molecular weight is 432 g/mol. The molecule has 3 N–H and O–H groups in total. The Morgan fingerprint density at radius 3 is 2.77 bits per heavy atom. The van der Waals surface area contributed by atoms with E-state index in [0.29, 0.717) is 11.1 Å². The average Bonchev–Trinajstić information content (AvgIpc) is 3.44. The quantitative estimate of drug-likeness (QED) is 0.765. The Kier molecular flexibility index (Phi) is 4.74. The second-order valence-electron chi connectivity index (χ2n) is 8.66. The summed E-state index contributed by atoms with van der Waals surface area (Å²) in [6.07, 6.45) is 4.76. The number of ether oxygens (including phenoxy) is 1. The van der Waals surface area contributed by atoms with Gasteiger partial charge in [-0.1, -0.05) is 0 Å². The van der Waals surface area contributed by atoms with Crippen LogP contribution >= 0.6 is 11.3 Å². The van der Waals surface area contributed by atoms with Gasteiger partial charge in [-0.3, -0.25) is 14.3 Å². The lowest BCUT2D eigenvalue weighted by Gasteiger charge is -2.25. The normalized spacial score (nSPS) is 26.5. The number of alkyl halides is 1. The molecule has 5 rings (SSSR count). The lowest BCUT2D eigenvalue weighted by atomic mass is 9.82. The van der Waals surface area contributed by atoms with Gasteiger partial charge >= 0.3 is 5.69 Å². The molecule has 0 bridgehead atoms. The van der Waals surface area contributed by atoms with E-state index in [2.05, 4.69) is 11.1 Å². The number of halogens is 1. The number of hydrogen-bond acceptors (Lipinski definition) is 5. The molecule has 0 amide bonds. The van der Waals surface area contributed by atoms with Gasteiger partial charge in [0.1, 0.15) is 11.9 Å². The summed E-state index contributed by atoms with van der Waals surface area (Å²) in [5.74, 6) is -0.0285. The Labute approximate surface area is 176 Å². The van der Waals surface area contributed by atoms with Crippen molar-refractivity contribution in [3.63, 3.8) is 0 Å². The third-order valence-corrected chi connectivity index (χ3v) is 7.89. The second kappa shape index (κ2) is 7.20. The van der Waals surface area contributed by atoms with E-state index >= 15 is 4.39 Å². The minimum absolute atomic E-state index is 0.0254. The summed E-state index contributed by atoms with van der Waals surface area (Å²) in [4.78, 5) is 29.5. The first-order chi connectivity index (χ1) is 14.4. The van der Waals surface area contributed by atoms with E-state index in [0.717, 1.165) is 37.0 Å². The number of nitrogens with one attached hydrogen (secondary N) is 1. The van der Waals surface area contributed by atoms with Crippen LogP contribution in [0.25, 0.3) is 11.8 Å². The van der Waals surface area contributed by atoms with Crippen LogP contribution in [-0.4, -0.2) is 28.9 Å². The van der Waals surface area contributed by atoms with Crippen molar-refractivity contribution in [3.8, 4) is 0 Å². The number of nitrogens with two attached hydrogens (primary N) is 1. The van der Waals surface area contributed by atoms with Crippen molar-refractivity contribution in [2.75, 3.05) is 7.11 Å². The predicted molar refractivity (Wildman–Crippen MR) is 115 cm³/mol. The first-order valence-corrected chi connectivity index (χ1v) is 11.4. The number of aromatic nitrogens is 2. The van der Waals surface area contributed by atoms with Gasteiger partial charge in [-0.25, -0.2) is 9.18 Å². The molecule has 0 aliphatic heterocycles. The Balaban J connectivity index is 1.75. The van der Waals surface area contributed by atoms with Crippen LogP contribution in [0.15, 0.2) is 15.7 Å². The standard InChI is InChI=1S/C22H26FN3O3S/c1-10(24)12-4-3-5-16-13(12)9-17(30-16)18-15(23)8-14-19(20(18)29-2)26(11-6-7-11)22(28)25-21(14)27/h8-12,15,18H,3-7,24H2,1-2H3,(H,25,27,28). The fourth-order valence-electron chi connectivity index (χ4n) is 5.02. The maximum atomic E-state index is 15.5. The van der Waals surface area contributed by atoms with Crippen molar-refractivity contribution in [2.45, 2.75) is 69.1 Å². The number of rotatable bonds is 4. The van der Waals surface area contributed by atoms with Crippen molar-refractivity contribution in [1.29, 1.82) is 0 Å². The van der Waals surface area contributed by atoms with Crippen LogP contribution in [0.4, 0.5) is 4.39 Å². The molecule has 2 aromatic rings. The number of H-pyrrole nitrogens is 1. The lowest BCUT2D eigenvalue weighted by molar-refractivity contribution is 0.292. The van der Waals surface area contributed by atoms with Crippen molar-refractivity contribution in [3.05, 3.63) is 52.8 Å². The largest absolute Gasteiger partial charge is 0.498 e. The third kappa shape index (κ3) is 3.00. The molecule has 3 aliphatic rings. The zero-order valence-corrected chi connectivity index (χ0v) is 17.9. The van der Waals surface area contributed by atoms with Gasteiger partial charge in [0.2, 0.25) is 0 Å². The minimum atomic E-state index is -1.41. The minimum Gasteiger partial charge on any atom is -0.498 e. The topological polar surface area (TPSA) is 90.1 Å². The molecule has 3 aliphatic carbocycles. The van der Waals surface area contributed by atoms with Gasteiger partial charge < -0.3 is 10.5 Å². The van der Waals surface area contributed by atoms with Crippen LogP contribution in [0.5, 0.6) is 0 Å². The molecule has 30 heavy (non-hydrogen) atoms. The number of fused-ring (bicyclic) bond motifs is 2. The number of aryl methyl sites for hydroxylation is 1. The summed E-state index contributed by atoms with van der Waals surface area (Å²) in [7, 11) is 1.49. The molecule has 4 atom stereocenters. The van der Waals surface area contributed by atoms with Gasteiger partial charge in [0.05, 0.1) is 23.6 Å². The molecule has 1 fully saturated rings. The summed E-state index contributed by atoms with van der Waals surface area (Å²) in [5.41, 5.74) is 6.42. The third-order valence-electron chi connectivity index (χ3n) is 6.59. The van der Waals surface area contributed by atoms with Crippen LogP contribution in [0.2, 0.25) is 0 Å². The first kappa shape index (κ1) is 19.8. The highest BCUT2D eigenvalue weighted by atomic mass is 32.1. The molecule has 0 spiro atoms. The van der Waals surface area contributed by atoms with Gasteiger partial charge in [-0.2, -0.15) is 0 Å². The highest BCUT2D eigenvalue weighted by Gasteiger charge is 2.37. The smallest absolute Gasteiger partial charge is 0.329 e. The van der Waals surface area contributed by atoms with Crippen LogP contribution in [0.3, 0.4) is 0 Å². The Morgan fingerprint density at radius 2 is 2.10 bits per heavy atom. The zero-order chi connectivity index (χ0) is 21.2. The van der Waals surface area contributed by atoms with Crippen molar-refractivity contribution in [1.82, 2.24) is 9.55 Å². The summed E-state index contributed by atoms with van der Waals surface area (Å²) >= 11 is 1.61. The van der Waals surface area contributed by atoms with Gasteiger partial charge in [-0.05, 0) is 62.7 Å². The fraction of sp³-hybridized carbons (Fsp3) is 0.545. The number of nitrogens with zero attached hydrogens (tertiary/aromatic N) is 1. The van der Waals surface area contributed by atoms with E-state index in [1.54, 1.807) is 15.9 Å². The maximum Gasteiger partial charge on any atom is 0.329 e. The maximum absolute atomic E-state index is 15.5. The molecule has 6 nitrogen and oxygen atoms in total. The molecule has 2 heterocycles. The van der Waals surface area contributed by atoms with Gasteiger partial charge in [-0.15, -0.1) is 11.3 Å². The van der Waals surface area contributed by atoms with Crippen molar-refractivity contribution in [2.24, 2.45) is 5.73 Å². The molecule has 4 unspecified atom stereocenters. The molecule has 8 heteroatoms. The summed E-state index contributed by atoms with van der Waals surface area (Å²) in [6, 6.07) is 2.14. The molecule has 160 valence electrons. The highest BCUT2D eigenvalue weighted by Crippen LogP contribution is 2.44. The molecule has 0 saturated heterocycles. The van der Waals surface area contributed by atoms with E-state index < -0.39 is 23.3 Å². The van der Waals surface area contributed by atoms with Crippen molar-refractivity contribution < 1.29 is 9.13 Å². The van der Waals surface area contributed by atoms with E-state index in [9.17, 15) is 9.59 Å². The van der Waals surface area contributed by atoms with Gasteiger partial charge in [0, 0.05) is 21.8 Å². The fourth-order valence-corrected chi connectivity index (χ4v) is 6.43. The monoisotopic (exact) mass is 431 g/mol. The van der Waals surface area contributed by atoms with Crippen LogP contribution < -0.4 is 27.6 Å². The van der Waals surface area contributed by atoms with Crippen molar-refractivity contribution >= 4 is 23.2 Å². The number of hydrogen-bond donors (Lipinski definition) is 2. The van der Waals surface area contributed by atoms with Crippen LogP contribution in [0, 0.1) is 0 Å². The van der Waals surface area contributed by atoms with E-state index in [-0.39, 0.29) is 23.2 Å². The molecule has 0 aromatic carbocycles. The van der Waals surface area contributed by atoms with Crippen LogP contribution in [0.1, 0.15) is 65.8 Å². The summed E-state index contributed by atoms with van der Waals surface area (Å²) in [5, 5.41) is 0.625. The zero-order valence-electron chi connectivity index (χ0n) is 17.1. The van der Waals surface area contributed by atoms with E-state index in [1.165, 1.54) is 23.6 Å². The summed E-state index contributed by atoms with van der Waals surface area (Å²) in [6.45, 7) is 2.02. The molecule has 0 radical (unpaired) electrons. The first-order valence-electron chi connectivity index (χ1n) is 10.6. The van der Waals surface area contributed by atoms with Crippen LogP contribution in [-0.2, 0) is 11.2 Å². The Bertz CT molecular complexity index is 1240. The van der Waals surface area contributed by atoms with Gasteiger partial charge in [0.15, 0.2) is 0 Å². The molecular weight excluding hydrogens is 405 g/mol. The Hall–Kier alpha value is -2.19. The number of thiophene rings is 1. The molecule has 1 saturated carbocycles. The molecule has 2 aromatic heterocycles. The highest BCUT2D eigenvalue weighted by molar-refractivity contribution is 7.12. The van der Waals surface area contributed by atoms with E-state index in [4.69, 9.17) is 10.5 Å². The number of aromatic amines is 1. The van der Waals surface area contributed by atoms with Gasteiger partial charge in [0.25, 0.3) is 5.56 Å². The summed E-state index contributed by atoms with van der Waals surface area (Å²) < 4.78 is 22.8. The second-order valence-corrected chi connectivity index (χ2v) is 9.83. The lowest BCUT2D eigenvalue weighted by Crippen LogP contribution is -2.57.